The molecule has 5 nitrogen and oxygen atoms in total. The summed E-state index contributed by atoms with van der Waals surface area (Å²) in [6.07, 6.45) is -0.392. The fourth-order valence-electron chi connectivity index (χ4n) is 2.95. The quantitative estimate of drug-likeness (QED) is 0.356. The van der Waals surface area contributed by atoms with Crippen LogP contribution in [-0.2, 0) is 0 Å². The second-order valence-electron chi connectivity index (χ2n) is 6.34. The summed E-state index contributed by atoms with van der Waals surface area (Å²) in [6.45, 7) is 0. The molecule has 7 heteroatoms. The Labute approximate surface area is 172 Å². The standard InChI is InChI=1S/C21H18Cl2N2O3/c22-18-10-9-15(11-19(18)23)20(13-21(26)14-5-2-1-3-6-14)24-16-7-4-8-17(12-16)25(27)28/h1-12,20-21,24,26H,13H2. The summed E-state index contributed by atoms with van der Waals surface area (Å²) in [5.74, 6) is 0. The molecule has 0 aromatic heterocycles. The molecule has 0 aliphatic rings. The molecule has 2 N–H and O–H groups in total. The van der Waals surface area contributed by atoms with Crippen molar-refractivity contribution in [3.05, 3.63) is 104 Å². The third kappa shape index (κ3) is 5.01. The first-order valence-electron chi connectivity index (χ1n) is 8.63. The number of non-ortho nitro benzene ring substituents is 1. The van der Waals surface area contributed by atoms with Gasteiger partial charge in [-0.2, -0.15) is 0 Å². The highest BCUT2D eigenvalue weighted by Crippen LogP contribution is 2.33. The van der Waals surface area contributed by atoms with Gasteiger partial charge in [-0.25, -0.2) is 0 Å². The van der Waals surface area contributed by atoms with Gasteiger partial charge in [-0.15, -0.1) is 0 Å². The average Bonchev–Trinajstić information content (AvgIpc) is 2.70. The highest BCUT2D eigenvalue weighted by Gasteiger charge is 2.19. The predicted octanol–water partition coefficient (Wildman–Crippen LogP) is 6.18. The normalized spacial score (nSPS) is 13.0. The van der Waals surface area contributed by atoms with Crippen molar-refractivity contribution in [3.63, 3.8) is 0 Å². The Bertz CT molecular complexity index is 967. The first-order chi connectivity index (χ1) is 13.4. The molecule has 0 saturated carbocycles. The smallest absolute Gasteiger partial charge is 0.271 e. The maximum Gasteiger partial charge on any atom is 0.271 e. The van der Waals surface area contributed by atoms with Gasteiger partial charge in [0, 0.05) is 24.2 Å². The molecule has 3 aromatic carbocycles. The second-order valence-corrected chi connectivity index (χ2v) is 7.15. The fourth-order valence-corrected chi connectivity index (χ4v) is 3.26. The average molecular weight is 417 g/mol. The molecular formula is C21H18Cl2N2O3. The zero-order valence-corrected chi connectivity index (χ0v) is 16.3. The Morgan fingerprint density at radius 2 is 1.68 bits per heavy atom. The molecule has 2 unspecified atom stereocenters. The van der Waals surface area contributed by atoms with Gasteiger partial charge in [0.05, 0.1) is 27.1 Å². The number of benzene rings is 3. The van der Waals surface area contributed by atoms with Gasteiger partial charge in [-0.3, -0.25) is 10.1 Å². The van der Waals surface area contributed by atoms with E-state index in [9.17, 15) is 15.2 Å². The zero-order chi connectivity index (χ0) is 20.1. The van der Waals surface area contributed by atoms with Crippen molar-refractivity contribution in [2.75, 3.05) is 5.32 Å². The van der Waals surface area contributed by atoms with E-state index in [0.717, 1.165) is 11.1 Å². The number of halogens is 2. The van der Waals surface area contributed by atoms with Crippen LogP contribution in [-0.4, -0.2) is 10.0 Å². The topological polar surface area (TPSA) is 75.4 Å². The molecule has 0 aliphatic carbocycles. The molecular weight excluding hydrogens is 399 g/mol. The van der Waals surface area contributed by atoms with Gasteiger partial charge >= 0.3 is 0 Å². The van der Waals surface area contributed by atoms with Crippen LogP contribution in [0, 0.1) is 10.1 Å². The number of anilines is 1. The Morgan fingerprint density at radius 1 is 0.929 bits per heavy atom. The van der Waals surface area contributed by atoms with E-state index in [1.807, 2.05) is 36.4 Å². The molecule has 3 aromatic rings. The number of hydrogen-bond acceptors (Lipinski definition) is 4. The van der Waals surface area contributed by atoms with Crippen LogP contribution in [0.25, 0.3) is 0 Å². The number of aliphatic hydroxyl groups excluding tert-OH is 1. The maximum atomic E-state index is 11.1. The Morgan fingerprint density at radius 3 is 2.36 bits per heavy atom. The maximum absolute atomic E-state index is 11.1. The van der Waals surface area contributed by atoms with Gasteiger partial charge in [0.2, 0.25) is 0 Å². The number of nitro groups is 1. The van der Waals surface area contributed by atoms with Crippen LogP contribution < -0.4 is 5.32 Å². The van der Waals surface area contributed by atoms with Gasteiger partial charge in [0.1, 0.15) is 0 Å². The van der Waals surface area contributed by atoms with Crippen molar-refractivity contribution in [3.8, 4) is 0 Å². The summed E-state index contributed by atoms with van der Waals surface area (Å²) in [5.41, 5.74) is 2.16. The van der Waals surface area contributed by atoms with Crippen LogP contribution in [0.2, 0.25) is 10.0 Å². The third-order valence-electron chi connectivity index (χ3n) is 4.39. The van der Waals surface area contributed by atoms with E-state index in [4.69, 9.17) is 23.2 Å². The number of nitro benzene ring substituents is 1. The molecule has 0 heterocycles. The molecule has 0 radical (unpaired) electrons. The van der Waals surface area contributed by atoms with E-state index in [1.54, 1.807) is 24.3 Å². The number of hydrogen-bond donors (Lipinski definition) is 2. The van der Waals surface area contributed by atoms with Gasteiger partial charge in [-0.1, -0.05) is 65.7 Å². The van der Waals surface area contributed by atoms with Crippen LogP contribution in [0.3, 0.4) is 0 Å². The predicted molar refractivity (Wildman–Crippen MR) is 112 cm³/mol. The molecule has 0 spiro atoms. The van der Waals surface area contributed by atoms with E-state index < -0.39 is 11.0 Å². The van der Waals surface area contributed by atoms with E-state index in [1.165, 1.54) is 12.1 Å². The molecule has 0 saturated heterocycles. The minimum Gasteiger partial charge on any atom is -0.388 e. The lowest BCUT2D eigenvalue weighted by Crippen LogP contribution is -2.15. The molecule has 2 atom stereocenters. The molecule has 144 valence electrons. The fraction of sp³-hybridized carbons (Fsp3) is 0.143. The lowest BCUT2D eigenvalue weighted by Gasteiger charge is -2.24. The minimum absolute atomic E-state index is 0.0125. The molecule has 3 rings (SSSR count). The minimum atomic E-state index is -0.730. The van der Waals surface area contributed by atoms with Crippen molar-refractivity contribution >= 4 is 34.6 Å². The largest absolute Gasteiger partial charge is 0.388 e. The highest BCUT2D eigenvalue weighted by molar-refractivity contribution is 6.42. The van der Waals surface area contributed by atoms with Crippen LogP contribution in [0.15, 0.2) is 72.8 Å². The van der Waals surface area contributed by atoms with Crippen molar-refractivity contribution < 1.29 is 10.0 Å². The van der Waals surface area contributed by atoms with Crippen LogP contribution in [0.5, 0.6) is 0 Å². The monoisotopic (exact) mass is 416 g/mol. The lowest BCUT2D eigenvalue weighted by molar-refractivity contribution is -0.384. The summed E-state index contributed by atoms with van der Waals surface area (Å²) < 4.78 is 0. The van der Waals surface area contributed by atoms with Crippen molar-refractivity contribution in [2.24, 2.45) is 0 Å². The Kier molecular flexibility index (Phi) is 6.52. The summed E-state index contributed by atoms with van der Waals surface area (Å²) >= 11 is 12.2. The first kappa shape index (κ1) is 20.1. The van der Waals surface area contributed by atoms with Gasteiger partial charge in [0.25, 0.3) is 5.69 Å². The summed E-state index contributed by atoms with van der Waals surface area (Å²) in [7, 11) is 0. The molecule has 28 heavy (non-hydrogen) atoms. The van der Waals surface area contributed by atoms with E-state index in [2.05, 4.69) is 5.32 Å². The van der Waals surface area contributed by atoms with Crippen molar-refractivity contribution in [1.29, 1.82) is 0 Å². The second kappa shape index (κ2) is 9.06. The van der Waals surface area contributed by atoms with Crippen LogP contribution in [0.1, 0.15) is 29.7 Å². The van der Waals surface area contributed by atoms with E-state index >= 15 is 0 Å². The summed E-state index contributed by atoms with van der Waals surface area (Å²) in [4.78, 5) is 10.6. The van der Waals surface area contributed by atoms with E-state index in [0.29, 0.717) is 22.2 Å². The molecule has 0 aliphatic heterocycles. The van der Waals surface area contributed by atoms with Crippen LogP contribution >= 0.6 is 23.2 Å². The third-order valence-corrected chi connectivity index (χ3v) is 5.13. The van der Waals surface area contributed by atoms with Gasteiger partial charge < -0.3 is 10.4 Å². The first-order valence-corrected chi connectivity index (χ1v) is 9.38. The Balaban J connectivity index is 1.90. The molecule has 0 fully saturated rings. The number of aliphatic hydroxyl groups is 1. The lowest BCUT2D eigenvalue weighted by atomic mass is 9.96. The van der Waals surface area contributed by atoms with Crippen molar-refractivity contribution in [2.45, 2.75) is 18.6 Å². The SMILES string of the molecule is O=[N+]([O-])c1cccc(NC(CC(O)c2ccccc2)c2ccc(Cl)c(Cl)c2)c1. The molecule has 0 bridgehead atoms. The number of nitrogens with one attached hydrogen (secondary N) is 1. The number of rotatable bonds is 7. The summed E-state index contributed by atoms with van der Waals surface area (Å²) in [6, 6.07) is 20.5. The van der Waals surface area contributed by atoms with Gasteiger partial charge in [0.15, 0.2) is 0 Å². The number of nitrogens with zero attached hydrogens (tertiary/aromatic N) is 1. The van der Waals surface area contributed by atoms with Crippen molar-refractivity contribution in [1.82, 2.24) is 0 Å². The summed E-state index contributed by atoms with van der Waals surface area (Å²) in [5, 5.41) is 25.9. The zero-order valence-electron chi connectivity index (χ0n) is 14.8. The van der Waals surface area contributed by atoms with Crippen LogP contribution in [0.4, 0.5) is 11.4 Å². The van der Waals surface area contributed by atoms with Gasteiger partial charge in [-0.05, 0) is 29.3 Å². The van der Waals surface area contributed by atoms with E-state index in [-0.39, 0.29) is 11.7 Å². The highest BCUT2D eigenvalue weighted by atomic mass is 35.5. The Hall–Kier alpha value is -2.60. The molecule has 0 amide bonds.